The molecule has 0 unspecified atom stereocenters. The van der Waals surface area contributed by atoms with Crippen LogP contribution in [0.1, 0.15) is 46.5 Å². The minimum atomic E-state index is -0.438. The van der Waals surface area contributed by atoms with Gasteiger partial charge in [-0.2, -0.15) is 5.26 Å². The van der Waals surface area contributed by atoms with Gasteiger partial charge in [-0.1, -0.05) is 38.4 Å². The van der Waals surface area contributed by atoms with Crippen molar-refractivity contribution in [1.29, 1.82) is 5.26 Å². The van der Waals surface area contributed by atoms with E-state index in [1.807, 2.05) is 24.3 Å². The van der Waals surface area contributed by atoms with Crippen molar-refractivity contribution in [2.24, 2.45) is 11.3 Å². The molecule has 0 aromatic heterocycles. The Morgan fingerprint density at radius 3 is 2.45 bits per heavy atom. The Morgan fingerprint density at radius 2 is 1.95 bits per heavy atom. The first-order valence-corrected chi connectivity index (χ1v) is 7.67. The van der Waals surface area contributed by atoms with Gasteiger partial charge >= 0.3 is 0 Å². The van der Waals surface area contributed by atoms with Gasteiger partial charge in [0.1, 0.15) is 5.54 Å². The summed E-state index contributed by atoms with van der Waals surface area (Å²) in [4.78, 5) is 0. The average molecular weight is 291 g/mol. The largest absolute Gasteiger partial charge is 0.367 e. The molecule has 1 aliphatic rings. The number of benzene rings is 1. The molecule has 0 spiro atoms. The van der Waals surface area contributed by atoms with E-state index in [0.29, 0.717) is 16.4 Å². The lowest BCUT2D eigenvalue weighted by atomic mass is 9.67. The molecule has 0 amide bonds. The van der Waals surface area contributed by atoms with Gasteiger partial charge in [-0.05, 0) is 55.2 Å². The zero-order valence-electron chi connectivity index (χ0n) is 12.5. The lowest BCUT2D eigenvalue weighted by Crippen LogP contribution is -2.42. The van der Waals surface area contributed by atoms with Crippen LogP contribution in [0.2, 0.25) is 5.02 Å². The minimum absolute atomic E-state index is 0.331. The highest BCUT2D eigenvalue weighted by Crippen LogP contribution is 2.42. The Balaban J connectivity index is 2.08. The Bertz CT molecular complexity index is 502. The van der Waals surface area contributed by atoms with Gasteiger partial charge in [-0.15, -0.1) is 0 Å². The Hall–Kier alpha value is -1.20. The quantitative estimate of drug-likeness (QED) is 0.807. The summed E-state index contributed by atoms with van der Waals surface area (Å²) in [6.07, 6.45) is 4.01. The third-order valence-corrected chi connectivity index (χ3v) is 4.72. The second-order valence-corrected chi connectivity index (χ2v) is 7.41. The summed E-state index contributed by atoms with van der Waals surface area (Å²) in [5, 5.41) is 13.7. The molecule has 1 N–H and O–H groups in total. The molecule has 0 bridgehead atoms. The third kappa shape index (κ3) is 3.46. The van der Waals surface area contributed by atoms with Crippen molar-refractivity contribution in [3.8, 4) is 6.07 Å². The van der Waals surface area contributed by atoms with E-state index in [1.165, 1.54) is 0 Å². The molecule has 0 saturated heterocycles. The molecule has 0 heterocycles. The summed E-state index contributed by atoms with van der Waals surface area (Å²) in [5.41, 5.74) is 0.831. The van der Waals surface area contributed by atoms with Crippen molar-refractivity contribution in [2.75, 3.05) is 5.32 Å². The van der Waals surface area contributed by atoms with Crippen LogP contribution >= 0.6 is 11.6 Å². The second kappa shape index (κ2) is 5.66. The molecule has 2 nitrogen and oxygen atoms in total. The fourth-order valence-electron chi connectivity index (χ4n) is 3.08. The maximum absolute atomic E-state index is 9.62. The van der Waals surface area contributed by atoms with Crippen molar-refractivity contribution < 1.29 is 0 Å². The molecule has 3 heteroatoms. The van der Waals surface area contributed by atoms with Crippen LogP contribution in [-0.4, -0.2) is 5.54 Å². The van der Waals surface area contributed by atoms with Gasteiger partial charge in [0.2, 0.25) is 0 Å². The molecule has 1 aromatic rings. The fourth-order valence-corrected chi connectivity index (χ4v) is 3.27. The number of nitrogens with zero attached hydrogens (tertiary/aromatic N) is 1. The maximum atomic E-state index is 9.62. The van der Waals surface area contributed by atoms with Gasteiger partial charge in [0.25, 0.3) is 0 Å². The number of hydrogen-bond donors (Lipinski definition) is 1. The smallest absolute Gasteiger partial charge is 0.125 e. The van der Waals surface area contributed by atoms with E-state index in [4.69, 9.17) is 11.6 Å². The zero-order chi connectivity index (χ0) is 14.8. The van der Waals surface area contributed by atoms with Crippen LogP contribution in [0.3, 0.4) is 0 Å². The second-order valence-electron chi connectivity index (χ2n) is 6.97. The van der Waals surface area contributed by atoms with E-state index >= 15 is 0 Å². The first kappa shape index (κ1) is 15.2. The van der Waals surface area contributed by atoms with Crippen molar-refractivity contribution in [3.05, 3.63) is 29.3 Å². The lowest BCUT2D eigenvalue weighted by Gasteiger charge is -2.41. The first-order valence-electron chi connectivity index (χ1n) is 7.30. The van der Waals surface area contributed by atoms with E-state index in [9.17, 15) is 5.26 Å². The molecular weight excluding hydrogens is 268 g/mol. The average Bonchev–Trinajstić information content (AvgIpc) is 2.38. The molecule has 0 radical (unpaired) electrons. The van der Waals surface area contributed by atoms with Gasteiger partial charge in [0.05, 0.1) is 6.07 Å². The molecular formula is C17H23ClN2. The van der Waals surface area contributed by atoms with Gasteiger partial charge in [0.15, 0.2) is 0 Å². The third-order valence-electron chi connectivity index (χ3n) is 4.49. The summed E-state index contributed by atoms with van der Waals surface area (Å²) >= 11 is 6.01. The molecule has 0 aliphatic heterocycles. The van der Waals surface area contributed by atoms with Crippen LogP contribution in [0.5, 0.6) is 0 Å². The standard InChI is InChI=1S/C17H23ClN2/c1-16(2,3)13-7-9-17(12-19,10-8-13)20-15-6-4-5-14(18)11-15/h4-6,11,13,20H,7-10H2,1-3H3. The van der Waals surface area contributed by atoms with Crippen molar-refractivity contribution in [3.63, 3.8) is 0 Å². The Morgan fingerprint density at radius 1 is 1.30 bits per heavy atom. The highest BCUT2D eigenvalue weighted by atomic mass is 35.5. The minimum Gasteiger partial charge on any atom is -0.367 e. The summed E-state index contributed by atoms with van der Waals surface area (Å²) < 4.78 is 0. The molecule has 108 valence electrons. The predicted molar refractivity (Wildman–Crippen MR) is 84.8 cm³/mol. The van der Waals surface area contributed by atoms with E-state index < -0.39 is 5.54 Å². The summed E-state index contributed by atoms with van der Waals surface area (Å²) in [5.74, 6) is 0.699. The zero-order valence-corrected chi connectivity index (χ0v) is 13.3. The van der Waals surface area contributed by atoms with Crippen LogP contribution in [0.4, 0.5) is 5.69 Å². The molecule has 20 heavy (non-hydrogen) atoms. The first-order chi connectivity index (χ1) is 9.35. The normalized spacial score (nSPS) is 26.9. The number of anilines is 1. The van der Waals surface area contributed by atoms with Crippen molar-refractivity contribution >= 4 is 17.3 Å². The fraction of sp³-hybridized carbons (Fsp3) is 0.588. The van der Waals surface area contributed by atoms with Gasteiger partial charge < -0.3 is 5.32 Å². The van der Waals surface area contributed by atoms with Crippen LogP contribution < -0.4 is 5.32 Å². The van der Waals surface area contributed by atoms with Crippen LogP contribution in [-0.2, 0) is 0 Å². The van der Waals surface area contributed by atoms with Crippen molar-refractivity contribution in [1.82, 2.24) is 0 Å². The van der Waals surface area contributed by atoms with Gasteiger partial charge in [-0.3, -0.25) is 0 Å². The predicted octanol–water partition coefficient (Wildman–Crippen LogP) is 5.25. The molecule has 1 fully saturated rings. The van der Waals surface area contributed by atoms with E-state index in [2.05, 4.69) is 32.2 Å². The molecule has 1 aromatic carbocycles. The molecule has 1 aliphatic carbocycles. The number of halogens is 1. The maximum Gasteiger partial charge on any atom is 0.125 e. The van der Waals surface area contributed by atoms with Gasteiger partial charge in [-0.25, -0.2) is 0 Å². The summed E-state index contributed by atoms with van der Waals surface area (Å²) in [6.45, 7) is 6.88. The van der Waals surface area contributed by atoms with E-state index in [1.54, 1.807) is 0 Å². The number of hydrogen-bond acceptors (Lipinski definition) is 2. The monoisotopic (exact) mass is 290 g/mol. The number of nitrogens with one attached hydrogen (secondary N) is 1. The number of nitriles is 1. The van der Waals surface area contributed by atoms with Crippen LogP contribution in [0, 0.1) is 22.7 Å². The van der Waals surface area contributed by atoms with E-state index in [0.717, 1.165) is 31.4 Å². The highest BCUT2D eigenvalue weighted by molar-refractivity contribution is 6.30. The van der Waals surface area contributed by atoms with Gasteiger partial charge in [0, 0.05) is 10.7 Å². The Labute approximate surface area is 127 Å². The van der Waals surface area contributed by atoms with E-state index in [-0.39, 0.29) is 0 Å². The summed E-state index contributed by atoms with van der Waals surface area (Å²) in [6, 6.07) is 10.1. The summed E-state index contributed by atoms with van der Waals surface area (Å²) in [7, 11) is 0. The SMILES string of the molecule is CC(C)(C)C1CCC(C#N)(Nc2cccc(Cl)c2)CC1. The van der Waals surface area contributed by atoms with Crippen molar-refractivity contribution in [2.45, 2.75) is 52.0 Å². The highest BCUT2D eigenvalue weighted by Gasteiger charge is 2.38. The number of rotatable bonds is 2. The van der Waals surface area contributed by atoms with Crippen LogP contribution in [0.15, 0.2) is 24.3 Å². The van der Waals surface area contributed by atoms with Crippen LogP contribution in [0.25, 0.3) is 0 Å². The molecule has 1 saturated carbocycles. The Kier molecular flexibility index (Phi) is 4.30. The lowest BCUT2D eigenvalue weighted by molar-refractivity contribution is 0.159. The topological polar surface area (TPSA) is 35.8 Å². The molecule has 0 atom stereocenters. The molecule has 2 rings (SSSR count).